The van der Waals surface area contributed by atoms with Gasteiger partial charge in [-0.1, -0.05) is 18.9 Å². The van der Waals surface area contributed by atoms with Gasteiger partial charge >= 0.3 is 12.6 Å². The molecule has 14 heteroatoms. The highest BCUT2D eigenvalue weighted by atomic mass is 32.2. The second kappa shape index (κ2) is 8.63. The van der Waals surface area contributed by atoms with Crippen molar-refractivity contribution < 1.29 is 39.6 Å². The van der Waals surface area contributed by atoms with E-state index < -0.39 is 52.3 Å². The summed E-state index contributed by atoms with van der Waals surface area (Å²) in [6.07, 6.45) is -5.81. The number of benzene rings is 1. The number of hydrogen-bond acceptors (Lipinski definition) is 6. The molecular weight excluding hydrogens is 475 g/mol. The zero-order chi connectivity index (χ0) is 24.0. The average molecular weight is 494 g/mol. The second-order valence-corrected chi connectivity index (χ2v) is 9.76. The second-order valence-electron chi connectivity index (χ2n) is 8.00. The van der Waals surface area contributed by atoms with Crippen molar-refractivity contribution >= 4 is 15.9 Å². The predicted molar refractivity (Wildman–Crippen MR) is 104 cm³/mol. The molecule has 1 aromatic heterocycles. The quantitative estimate of drug-likeness (QED) is 0.617. The number of sulfonamides is 1. The smallest absolute Gasteiger partial charge is 0.404 e. The van der Waals surface area contributed by atoms with Crippen LogP contribution < -0.4 is 4.72 Å². The van der Waals surface area contributed by atoms with E-state index in [4.69, 9.17) is 4.42 Å². The van der Waals surface area contributed by atoms with Gasteiger partial charge in [0.2, 0.25) is 15.9 Å². The molecule has 0 saturated heterocycles. The van der Waals surface area contributed by atoms with Crippen LogP contribution in [0.1, 0.15) is 53.9 Å². The Bertz CT molecular complexity index is 1150. The van der Waals surface area contributed by atoms with Gasteiger partial charge in [0.05, 0.1) is 0 Å². The summed E-state index contributed by atoms with van der Waals surface area (Å²) in [5.41, 5.74) is 1.13. The van der Waals surface area contributed by atoms with Crippen LogP contribution in [0.15, 0.2) is 22.6 Å². The van der Waals surface area contributed by atoms with Crippen LogP contribution in [0, 0.1) is 0 Å². The first kappa shape index (κ1) is 23.5. The molecule has 1 aliphatic carbocycles. The number of alkyl halides is 5. The third kappa shape index (κ3) is 5.16. The van der Waals surface area contributed by atoms with Crippen molar-refractivity contribution in [3.63, 3.8) is 0 Å². The molecular formula is C19H19F5N4O4S. The number of halogens is 5. The third-order valence-electron chi connectivity index (χ3n) is 5.63. The molecule has 1 amide bonds. The van der Waals surface area contributed by atoms with E-state index in [1.165, 1.54) is 17.0 Å². The number of aromatic nitrogens is 2. The number of amides is 1. The van der Waals surface area contributed by atoms with E-state index in [2.05, 4.69) is 14.9 Å². The zero-order valence-electron chi connectivity index (χ0n) is 17.0. The van der Waals surface area contributed by atoms with E-state index in [0.29, 0.717) is 31.2 Å². The highest BCUT2D eigenvalue weighted by Crippen LogP contribution is 2.34. The van der Waals surface area contributed by atoms with E-state index in [9.17, 15) is 35.2 Å². The number of rotatable bonds is 6. The summed E-state index contributed by atoms with van der Waals surface area (Å²) >= 11 is 0. The molecule has 8 nitrogen and oxygen atoms in total. The van der Waals surface area contributed by atoms with Crippen molar-refractivity contribution in [2.45, 2.75) is 56.9 Å². The van der Waals surface area contributed by atoms with Crippen molar-refractivity contribution in [2.75, 3.05) is 5.75 Å². The fourth-order valence-corrected chi connectivity index (χ4v) is 5.52. The molecule has 0 bridgehead atoms. The molecule has 1 unspecified atom stereocenters. The molecule has 33 heavy (non-hydrogen) atoms. The van der Waals surface area contributed by atoms with Crippen molar-refractivity contribution in [1.82, 2.24) is 19.8 Å². The van der Waals surface area contributed by atoms with Crippen LogP contribution in [-0.4, -0.2) is 53.4 Å². The highest BCUT2D eigenvalue weighted by Gasteiger charge is 2.42. The van der Waals surface area contributed by atoms with E-state index in [-0.39, 0.29) is 23.6 Å². The van der Waals surface area contributed by atoms with Gasteiger partial charge in [-0.05, 0) is 30.5 Å². The Hall–Kier alpha value is -2.61. The van der Waals surface area contributed by atoms with Gasteiger partial charge in [-0.3, -0.25) is 4.79 Å². The number of nitrogens with one attached hydrogen (secondary N) is 1. The monoisotopic (exact) mass is 494 g/mol. The van der Waals surface area contributed by atoms with Crippen molar-refractivity contribution in [3.05, 3.63) is 35.2 Å². The van der Waals surface area contributed by atoms with Crippen LogP contribution >= 0.6 is 0 Å². The standard InChI is InChI=1S/C19H19F5N4O4S/c20-15(21)17-26-25-16(32-17)10-5-6-11-8-28(18(29)12(11)7-10)14-4-2-1-3-13(14)27-33(30,31)9-19(22,23)24/h5-7,13-15,27H,1-4,8-9H2/t13-,14?/m1/s1. The molecule has 1 fully saturated rings. The molecule has 1 saturated carbocycles. The minimum atomic E-state index is -4.88. The average Bonchev–Trinajstić information content (AvgIpc) is 3.32. The maximum absolute atomic E-state index is 13.1. The molecule has 2 atom stereocenters. The summed E-state index contributed by atoms with van der Waals surface area (Å²) < 4.78 is 94.4. The van der Waals surface area contributed by atoms with Gasteiger partial charge in [0.25, 0.3) is 11.8 Å². The van der Waals surface area contributed by atoms with Crippen molar-refractivity contribution in [3.8, 4) is 11.5 Å². The Kier molecular flexibility index (Phi) is 6.16. The first-order valence-corrected chi connectivity index (χ1v) is 11.7. The number of carbonyl (C=O) groups excluding carboxylic acids is 1. The van der Waals surface area contributed by atoms with Gasteiger partial charge in [-0.2, -0.15) is 22.0 Å². The fourth-order valence-electron chi connectivity index (χ4n) is 4.27. The highest BCUT2D eigenvalue weighted by molar-refractivity contribution is 7.89. The molecule has 0 spiro atoms. The van der Waals surface area contributed by atoms with Crippen LogP contribution in [-0.2, 0) is 16.6 Å². The van der Waals surface area contributed by atoms with Gasteiger partial charge in [0, 0.05) is 29.8 Å². The van der Waals surface area contributed by atoms with Gasteiger partial charge in [-0.25, -0.2) is 13.1 Å². The van der Waals surface area contributed by atoms with Crippen LogP contribution in [0.3, 0.4) is 0 Å². The lowest BCUT2D eigenvalue weighted by Gasteiger charge is -2.38. The molecule has 1 aliphatic heterocycles. The minimum Gasteiger partial charge on any atom is -0.415 e. The summed E-state index contributed by atoms with van der Waals surface area (Å²) in [6.45, 7) is 0.142. The van der Waals surface area contributed by atoms with Gasteiger partial charge in [0.15, 0.2) is 5.75 Å². The van der Waals surface area contributed by atoms with E-state index in [1.807, 2.05) is 0 Å². The minimum absolute atomic E-state index is 0.142. The SMILES string of the molecule is O=C1c2cc(-c3nnc(C(F)F)o3)ccc2CN1C1CCCC[C@H]1NS(=O)(=O)CC(F)(F)F. The lowest BCUT2D eigenvalue weighted by molar-refractivity contribution is -0.106. The van der Waals surface area contributed by atoms with Crippen molar-refractivity contribution in [1.29, 1.82) is 0 Å². The van der Waals surface area contributed by atoms with Gasteiger partial charge in [0.1, 0.15) is 0 Å². The summed E-state index contributed by atoms with van der Waals surface area (Å²) in [5.74, 6) is -3.47. The largest absolute Gasteiger partial charge is 0.415 e. The van der Waals surface area contributed by atoms with Crippen LogP contribution in [0.2, 0.25) is 0 Å². The Labute approximate surface area is 185 Å². The van der Waals surface area contributed by atoms with Crippen LogP contribution in [0.4, 0.5) is 22.0 Å². The maximum atomic E-state index is 13.1. The van der Waals surface area contributed by atoms with E-state index >= 15 is 0 Å². The number of fused-ring (bicyclic) bond motifs is 1. The Morgan fingerprint density at radius 1 is 1.18 bits per heavy atom. The number of hydrogen-bond donors (Lipinski definition) is 1. The fraction of sp³-hybridized carbons (Fsp3) is 0.526. The zero-order valence-corrected chi connectivity index (χ0v) is 17.8. The van der Waals surface area contributed by atoms with E-state index in [0.717, 1.165) is 0 Å². The van der Waals surface area contributed by atoms with Crippen LogP contribution in [0.5, 0.6) is 0 Å². The Balaban J connectivity index is 1.55. The summed E-state index contributed by atoms with van der Waals surface area (Å²) in [5, 5.41) is 6.81. The first-order chi connectivity index (χ1) is 15.4. The number of carbonyl (C=O) groups is 1. The first-order valence-electron chi connectivity index (χ1n) is 10.1. The van der Waals surface area contributed by atoms with Gasteiger partial charge < -0.3 is 9.32 Å². The van der Waals surface area contributed by atoms with E-state index in [1.54, 1.807) is 6.07 Å². The molecule has 2 aromatic rings. The lowest BCUT2D eigenvalue weighted by Crippen LogP contribution is -2.54. The molecule has 4 rings (SSSR count). The third-order valence-corrected chi connectivity index (χ3v) is 7.00. The van der Waals surface area contributed by atoms with Crippen molar-refractivity contribution in [2.24, 2.45) is 0 Å². The molecule has 2 aliphatic rings. The molecule has 2 heterocycles. The lowest BCUT2D eigenvalue weighted by atomic mass is 9.90. The normalized spacial score (nSPS) is 21.6. The summed E-state index contributed by atoms with van der Waals surface area (Å²) in [7, 11) is -4.64. The molecule has 0 radical (unpaired) electrons. The number of nitrogens with zero attached hydrogens (tertiary/aromatic N) is 3. The summed E-state index contributed by atoms with van der Waals surface area (Å²) in [4.78, 5) is 14.6. The van der Waals surface area contributed by atoms with Crippen LogP contribution in [0.25, 0.3) is 11.5 Å². The maximum Gasteiger partial charge on any atom is 0.404 e. The Morgan fingerprint density at radius 3 is 2.58 bits per heavy atom. The molecule has 1 aromatic carbocycles. The molecule has 1 N–H and O–H groups in total. The molecule has 180 valence electrons. The topological polar surface area (TPSA) is 105 Å². The Morgan fingerprint density at radius 2 is 1.91 bits per heavy atom. The predicted octanol–water partition coefficient (Wildman–Crippen LogP) is 3.42. The summed E-state index contributed by atoms with van der Waals surface area (Å²) in [6, 6.07) is 3.07. The van der Waals surface area contributed by atoms with Gasteiger partial charge in [-0.15, -0.1) is 10.2 Å².